The molecule has 1 aliphatic rings. The van der Waals surface area contributed by atoms with Crippen LogP contribution in [0.2, 0.25) is 0 Å². The third kappa shape index (κ3) is 3.41. The Bertz CT molecular complexity index is 735. The third-order valence-electron chi connectivity index (χ3n) is 2.98. The number of thioether (sulfide) groups is 1. The molecule has 1 N–H and O–H groups in total. The van der Waals surface area contributed by atoms with Crippen molar-refractivity contribution in [2.75, 3.05) is 0 Å². The van der Waals surface area contributed by atoms with Crippen molar-refractivity contribution in [1.29, 1.82) is 0 Å². The van der Waals surface area contributed by atoms with Gasteiger partial charge in [0.25, 0.3) is 5.91 Å². The van der Waals surface area contributed by atoms with E-state index in [-0.39, 0.29) is 5.91 Å². The van der Waals surface area contributed by atoms with Crippen LogP contribution in [0.1, 0.15) is 11.1 Å². The lowest BCUT2D eigenvalue weighted by Gasteiger charge is -1.96. The zero-order valence-corrected chi connectivity index (χ0v) is 12.4. The van der Waals surface area contributed by atoms with E-state index in [0.717, 1.165) is 11.3 Å². The van der Waals surface area contributed by atoms with Gasteiger partial charge in [-0.25, -0.2) is 4.99 Å². The second-order valence-electron chi connectivity index (χ2n) is 4.73. The molecule has 0 spiro atoms. The van der Waals surface area contributed by atoms with Crippen LogP contribution < -0.4 is 5.32 Å². The molecule has 104 valence electrons. The number of para-hydroxylation sites is 1. The maximum Gasteiger partial charge on any atom is 0.264 e. The highest BCUT2D eigenvalue weighted by molar-refractivity contribution is 8.18. The molecule has 0 bridgehead atoms. The lowest BCUT2D eigenvalue weighted by atomic mass is 10.1. The Balaban J connectivity index is 1.84. The normalized spacial score (nSPS) is 18.2. The van der Waals surface area contributed by atoms with Crippen molar-refractivity contribution < 1.29 is 4.79 Å². The number of hydrogen-bond donors (Lipinski definition) is 1. The van der Waals surface area contributed by atoms with Crippen LogP contribution in [-0.4, -0.2) is 11.1 Å². The van der Waals surface area contributed by atoms with E-state index in [4.69, 9.17) is 0 Å². The van der Waals surface area contributed by atoms with E-state index in [9.17, 15) is 4.79 Å². The van der Waals surface area contributed by atoms with Crippen molar-refractivity contribution in [2.24, 2.45) is 4.99 Å². The summed E-state index contributed by atoms with van der Waals surface area (Å²) >= 11 is 1.36. The molecule has 3 rings (SSSR count). The Labute approximate surface area is 127 Å². The molecule has 0 radical (unpaired) electrons. The predicted octanol–water partition coefficient (Wildman–Crippen LogP) is 3.89. The van der Waals surface area contributed by atoms with Crippen molar-refractivity contribution in [1.82, 2.24) is 5.32 Å². The number of nitrogens with zero attached hydrogens (tertiary/aromatic N) is 1. The van der Waals surface area contributed by atoms with E-state index in [2.05, 4.69) is 10.3 Å². The average Bonchev–Trinajstić information content (AvgIpc) is 2.80. The van der Waals surface area contributed by atoms with Crippen molar-refractivity contribution in [3.05, 3.63) is 70.6 Å². The second-order valence-corrected chi connectivity index (χ2v) is 5.76. The number of carbonyl (C=O) groups is 1. The topological polar surface area (TPSA) is 41.5 Å². The fraction of sp³-hybridized carbons (Fsp3) is 0.0588. The molecule has 0 atom stereocenters. The summed E-state index contributed by atoms with van der Waals surface area (Å²) in [6.07, 6.45) is 1.89. The fourth-order valence-electron chi connectivity index (χ4n) is 2.01. The van der Waals surface area contributed by atoms with Crippen molar-refractivity contribution in [2.45, 2.75) is 6.92 Å². The van der Waals surface area contributed by atoms with Gasteiger partial charge in [0.15, 0.2) is 5.17 Å². The van der Waals surface area contributed by atoms with E-state index >= 15 is 0 Å². The summed E-state index contributed by atoms with van der Waals surface area (Å²) in [6.45, 7) is 2.03. The molecule has 21 heavy (non-hydrogen) atoms. The van der Waals surface area contributed by atoms with Gasteiger partial charge in [0, 0.05) is 0 Å². The first-order valence-electron chi connectivity index (χ1n) is 6.62. The monoisotopic (exact) mass is 294 g/mol. The number of amidine groups is 1. The third-order valence-corrected chi connectivity index (χ3v) is 3.89. The number of amides is 1. The fourth-order valence-corrected chi connectivity index (χ4v) is 2.85. The lowest BCUT2D eigenvalue weighted by molar-refractivity contribution is -0.115. The quantitative estimate of drug-likeness (QED) is 0.854. The smallest absolute Gasteiger partial charge is 0.264 e. The second kappa shape index (κ2) is 5.97. The van der Waals surface area contributed by atoms with Crippen LogP contribution in [0.15, 0.2) is 64.5 Å². The molecule has 1 amide bonds. The van der Waals surface area contributed by atoms with E-state index in [1.165, 1.54) is 17.3 Å². The van der Waals surface area contributed by atoms with Crippen molar-refractivity contribution >= 4 is 34.6 Å². The van der Waals surface area contributed by atoms with Crippen LogP contribution in [0.3, 0.4) is 0 Å². The minimum atomic E-state index is -0.101. The molecular weight excluding hydrogens is 280 g/mol. The lowest BCUT2D eigenvalue weighted by Crippen LogP contribution is -2.19. The summed E-state index contributed by atoms with van der Waals surface area (Å²) in [5.74, 6) is -0.101. The van der Waals surface area contributed by atoms with Crippen molar-refractivity contribution in [3.8, 4) is 0 Å². The van der Waals surface area contributed by atoms with Gasteiger partial charge in [-0.05, 0) is 42.5 Å². The van der Waals surface area contributed by atoms with E-state index in [1.807, 2.05) is 67.6 Å². The molecule has 1 heterocycles. The van der Waals surface area contributed by atoms with Gasteiger partial charge in [0.1, 0.15) is 0 Å². The zero-order valence-electron chi connectivity index (χ0n) is 11.5. The van der Waals surface area contributed by atoms with Gasteiger partial charge >= 0.3 is 0 Å². The summed E-state index contributed by atoms with van der Waals surface area (Å²) < 4.78 is 0. The predicted molar refractivity (Wildman–Crippen MR) is 88.4 cm³/mol. The highest BCUT2D eigenvalue weighted by atomic mass is 32.2. The van der Waals surface area contributed by atoms with Gasteiger partial charge < -0.3 is 5.32 Å². The van der Waals surface area contributed by atoms with Gasteiger partial charge in [-0.3, -0.25) is 4.79 Å². The highest BCUT2D eigenvalue weighted by Gasteiger charge is 2.23. The molecule has 2 aromatic carbocycles. The van der Waals surface area contributed by atoms with Gasteiger partial charge in [0.05, 0.1) is 10.6 Å². The van der Waals surface area contributed by atoms with E-state index in [0.29, 0.717) is 10.1 Å². The molecule has 4 heteroatoms. The molecule has 0 aromatic heterocycles. The Morgan fingerprint density at radius 2 is 1.90 bits per heavy atom. The first-order valence-corrected chi connectivity index (χ1v) is 7.44. The number of rotatable bonds is 2. The molecule has 0 saturated carbocycles. The highest BCUT2D eigenvalue weighted by Crippen LogP contribution is 2.27. The number of hydrogen-bond acceptors (Lipinski definition) is 3. The molecular formula is C17H14N2OS. The number of carbonyl (C=O) groups excluding carboxylic acids is 1. The Morgan fingerprint density at radius 1 is 1.10 bits per heavy atom. The Kier molecular flexibility index (Phi) is 3.88. The Hall–Kier alpha value is -2.33. The van der Waals surface area contributed by atoms with Gasteiger partial charge in [-0.2, -0.15) is 0 Å². The van der Waals surface area contributed by atoms with Gasteiger partial charge in [-0.1, -0.05) is 48.0 Å². The number of aliphatic imine (C=N–C) groups is 1. The number of aryl methyl sites for hydroxylation is 1. The van der Waals surface area contributed by atoms with Gasteiger partial charge in [-0.15, -0.1) is 0 Å². The summed E-state index contributed by atoms with van der Waals surface area (Å²) in [5, 5.41) is 3.41. The summed E-state index contributed by atoms with van der Waals surface area (Å²) in [4.78, 5) is 17.1. The molecule has 2 aromatic rings. The van der Waals surface area contributed by atoms with Gasteiger partial charge in [0.2, 0.25) is 0 Å². The molecule has 3 nitrogen and oxygen atoms in total. The van der Waals surface area contributed by atoms with Crippen LogP contribution >= 0.6 is 11.8 Å². The minimum Gasteiger partial charge on any atom is -0.300 e. The average molecular weight is 294 g/mol. The van der Waals surface area contributed by atoms with E-state index in [1.54, 1.807) is 0 Å². The van der Waals surface area contributed by atoms with Crippen LogP contribution in [0.25, 0.3) is 6.08 Å². The SMILES string of the molecule is Cc1cccc(C=C2SC(=Nc3ccccc3)NC2=O)c1. The number of nitrogens with one attached hydrogen (secondary N) is 1. The molecule has 0 aliphatic carbocycles. The molecule has 1 aliphatic heterocycles. The number of benzene rings is 2. The van der Waals surface area contributed by atoms with E-state index < -0.39 is 0 Å². The summed E-state index contributed by atoms with van der Waals surface area (Å²) in [7, 11) is 0. The van der Waals surface area contributed by atoms with Crippen molar-refractivity contribution in [3.63, 3.8) is 0 Å². The van der Waals surface area contributed by atoms with Crippen LogP contribution in [-0.2, 0) is 4.79 Å². The zero-order chi connectivity index (χ0) is 14.7. The summed E-state index contributed by atoms with van der Waals surface area (Å²) in [5.41, 5.74) is 3.02. The minimum absolute atomic E-state index is 0.101. The Morgan fingerprint density at radius 3 is 2.67 bits per heavy atom. The molecule has 1 saturated heterocycles. The maximum absolute atomic E-state index is 12.0. The first-order chi connectivity index (χ1) is 10.2. The largest absolute Gasteiger partial charge is 0.300 e. The first kappa shape index (κ1) is 13.6. The van der Waals surface area contributed by atoms with Crippen LogP contribution in [0, 0.1) is 6.92 Å². The van der Waals surface area contributed by atoms with Crippen LogP contribution in [0.5, 0.6) is 0 Å². The standard InChI is InChI=1S/C17H14N2OS/c1-12-6-5-7-13(10-12)11-15-16(20)19-17(21-15)18-14-8-3-2-4-9-14/h2-11H,1H3,(H,18,19,20). The molecule has 1 fully saturated rings. The maximum atomic E-state index is 12.0. The molecule has 0 unspecified atom stereocenters. The van der Waals surface area contributed by atoms with Crippen LogP contribution in [0.4, 0.5) is 5.69 Å². The summed E-state index contributed by atoms with van der Waals surface area (Å²) in [6, 6.07) is 17.6.